The maximum absolute atomic E-state index is 9.77. The van der Waals surface area contributed by atoms with Gasteiger partial charge in [-0.1, -0.05) is 0 Å². The summed E-state index contributed by atoms with van der Waals surface area (Å²) >= 11 is 0. The number of hydrogen-bond donors (Lipinski definition) is 7. The normalized spacial score (nSPS) is 12.0. The molecule has 0 aromatic rings. The van der Waals surface area contributed by atoms with E-state index >= 15 is 0 Å². The molecule has 106 valence electrons. The minimum atomic E-state index is -4.67. The van der Waals surface area contributed by atoms with Gasteiger partial charge in [-0.05, 0) is 0 Å². The van der Waals surface area contributed by atoms with Crippen molar-refractivity contribution in [3.05, 3.63) is 0 Å². The fourth-order valence-corrected chi connectivity index (χ4v) is 0.270. The molecule has 0 aliphatic rings. The molecule has 0 saturated heterocycles. The van der Waals surface area contributed by atoms with Gasteiger partial charge in [0.05, 0.1) is 0 Å². The molecule has 0 aliphatic carbocycles. The van der Waals surface area contributed by atoms with Gasteiger partial charge in [-0.15, -0.1) is 0 Å². The summed E-state index contributed by atoms with van der Waals surface area (Å²) in [7, 11) is -4.67. The van der Waals surface area contributed by atoms with Crippen molar-refractivity contribution >= 4 is 91.1 Å². The Morgan fingerprint density at radius 2 is 1.00 bits per heavy atom. The molecule has 0 aliphatic heterocycles. The summed E-state index contributed by atoms with van der Waals surface area (Å²) in [5.74, 6) is -3.54. The van der Waals surface area contributed by atoms with Gasteiger partial charge < -0.3 is 26.6 Å². The number of aliphatic carboxylic acids is 2. The zero-order valence-electron chi connectivity index (χ0n) is 7.59. The van der Waals surface area contributed by atoms with Crippen molar-refractivity contribution in [1.82, 2.24) is 6.15 Å². The van der Waals surface area contributed by atoms with Crippen molar-refractivity contribution in [2.45, 2.75) is 12.2 Å². The fourth-order valence-electron chi connectivity index (χ4n) is 0.270. The molecule has 9 N–H and O–H groups in total. The van der Waals surface area contributed by atoms with Crippen LogP contribution in [0.25, 0.3) is 0 Å². The molecule has 0 radical (unpaired) electrons. The van der Waals surface area contributed by atoms with E-state index in [4.69, 9.17) is 37.9 Å². The molecule has 18 heavy (non-hydrogen) atoms. The second-order valence-corrected chi connectivity index (χ2v) is 2.91. The van der Waals surface area contributed by atoms with Crippen LogP contribution in [-0.2, 0) is 20.0 Å². The van der Waals surface area contributed by atoms with Crippen molar-refractivity contribution in [2.75, 3.05) is 0 Å². The van der Waals surface area contributed by atoms with Gasteiger partial charge in [0, 0.05) is 0 Å². The zero-order chi connectivity index (χ0) is 12.8. The van der Waals surface area contributed by atoms with Crippen LogP contribution in [0.5, 0.6) is 0 Å². The summed E-state index contributed by atoms with van der Waals surface area (Å²) in [6, 6.07) is 0. The van der Waals surface area contributed by atoms with E-state index in [0.717, 1.165) is 0 Å². The Morgan fingerprint density at radius 1 is 0.889 bits per heavy atom. The molecular weight excluding hydrogens is 320 g/mol. The third-order valence-electron chi connectivity index (χ3n) is 0.805. The van der Waals surface area contributed by atoms with E-state index in [1.54, 1.807) is 0 Å². The minimum absolute atomic E-state index is 0. The van der Waals surface area contributed by atoms with Crippen molar-refractivity contribution in [3.8, 4) is 0 Å². The molecule has 0 heterocycles. The quantitative estimate of drug-likeness (QED) is 0.192. The molecule has 0 saturated carbocycles. The number of aliphatic hydroxyl groups is 2. The zero-order valence-corrected chi connectivity index (χ0v) is 8.40. The number of hydrogen-bond acceptors (Lipinski definition) is 7. The monoisotopic (exact) mass is 335 g/mol. The molecular formula is C4H15AlKNO10S. The van der Waals surface area contributed by atoms with E-state index in [9.17, 15) is 9.59 Å². The second kappa shape index (κ2) is 14.3. The molecule has 0 spiro atoms. The Kier molecular flexibility index (Phi) is 24.8. The average molecular weight is 335 g/mol. The Morgan fingerprint density at radius 3 is 1.06 bits per heavy atom. The van der Waals surface area contributed by atoms with Crippen LogP contribution in [0.15, 0.2) is 0 Å². The van der Waals surface area contributed by atoms with Gasteiger partial charge in [-0.2, -0.15) is 8.42 Å². The van der Waals surface area contributed by atoms with Crippen molar-refractivity contribution in [2.24, 2.45) is 0 Å². The van der Waals surface area contributed by atoms with Crippen LogP contribution in [0.3, 0.4) is 0 Å². The summed E-state index contributed by atoms with van der Waals surface area (Å²) in [4.78, 5) is 19.5. The average Bonchev–Trinajstić information content (AvgIpc) is 1.98. The molecule has 2 unspecified atom stereocenters. The number of carboxylic acids is 2. The predicted octanol–water partition coefficient (Wildman–Crippen LogP) is -4.45. The second-order valence-electron chi connectivity index (χ2n) is 2.01. The van der Waals surface area contributed by atoms with Crippen molar-refractivity contribution in [1.29, 1.82) is 0 Å². The number of rotatable bonds is 3. The molecule has 14 heteroatoms. The Labute approximate surface area is 155 Å². The third-order valence-corrected chi connectivity index (χ3v) is 0.805. The van der Waals surface area contributed by atoms with E-state index in [2.05, 4.69) is 0 Å². The van der Waals surface area contributed by atoms with Crippen LogP contribution in [0.1, 0.15) is 0 Å². The first-order chi connectivity index (χ1) is 6.46. The first-order valence-electron chi connectivity index (χ1n) is 2.98. The first-order valence-corrected chi connectivity index (χ1v) is 4.38. The number of carbonyl (C=O) groups is 2. The summed E-state index contributed by atoms with van der Waals surface area (Å²) in [5, 5.41) is 32.5. The molecule has 0 amide bonds. The van der Waals surface area contributed by atoms with Crippen LogP contribution in [0.4, 0.5) is 0 Å². The van der Waals surface area contributed by atoms with E-state index in [-0.39, 0.29) is 74.9 Å². The van der Waals surface area contributed by atoms with Gasteiger partial charge in [0.25, 0.3) is 0 Å². The van der Waals surface area contributed by atoms with Crippen LogP contribution >= 0.6 is 0 Å². The summed E-state index contributed by atoms with van der Waals surface area (Å²) < 4.78 is 31.6. The molecule has 0 aromatic carbocycles. The van der Waals surface area contributed by atoms with Crippen LogP contribution in [0, 0.1) is 0 Å². The topological polar surface area (TPSA) is 225 Å². The Bertz CT molecular complexity index is 307. The number of aliphatic hydroxyl groups excluding tert-OH is 2. The maximum atomic E-state index is 9.77. The Hall–Kier alpha value is 0.859. The van der Waals surface area contributed by atoms with Gasteiger partial charge >= 0.3 is 73.7 Å². The van der Waals surface area contributed by atoms with Gasteiger partial charge in [0.2, 0.25) is 0 Å². The summed E-state index contributed by atoms with van der Waals surface area (Å²) in [5.41, 5.74) is 0. The van der Waals surface area contributed by atoms with Crippen molar-refractivity contribution < 1.29 is 47.5 Å². The number of carboxylic acid groups (broad SMARTS) is 2. The van der Waals surface area contributed by atoms with Gasteiger partial charge in [0.1, 0.15) is 0 Å². The molecule has 0 aromatic heterocycles. The molecule has 11 nitrogen and oxygen atoms in total. The van der Waals surface area contributed by atoms with Crippen LogP contribution < -0.4 is 6.15 Å². The molecule has 0 bridgehead atoms. The summed E-state index contributed by atoms with van der Waals surface area (Å²) in [6.45, 7) is 0. The molecule has 0 rings (SSSR count). The van der Waals surface area contributed by atoms with Crippen molar-refractivity contribution in [3.63, 3.8) is 0 Å². The standard InChI is InChI=1S/C4H6O6.Al.K.H3N.H2O4S.4H/c5-1(3(7)8)2(6)4(9)10;;;;1-5(2,3)4;;;;/h1-2,5-6H,(H,7,8)(H,9,10);;;1H3;(H2,1,2,3,4);;;;. The van der Waals surface area contributed by atoms with E-state index in [0.29, 0.717) is 0 Å². The van der Waals surface area contributed by atoms with E-state index in [1.807, 2.05) is 0 Å². The van der Waals surface area contributed by atoms with Gasteiger partial charge in [-0.3, -0.25) is 9.11 Å². The SMILES string of the molecule is N.O=C(O)C(O)C(O)C(=O)O.O=S(=O)(O)O.[AlH3].[KH]. The van der Waals surface area contributed by atoms with Crippen LogP contribution in [0.2, 0.25) is 0 Å². The Balaban J connectivity index is -0.0000000621. The first kappa shape index (κ1) is 31.3. The van der Waals surface area contributed by atoms with E-state index in [1.165, 1.54) is 0 Å². The third kappa shape index (κ3) is 25.6. The molecule has 0 fully saturated rings. The van der Waals surface area contributed by atoms with Gasteiger partial charge in [-0.25, -0.2) is 9.59 Å². The molecule has 2 atom stereocenters. The van der Waals surface area contributed by atoms with Gasteiger partial charge in [0.15, 0.2) is 29.6 Å². The van der Waals surface area contributed by atoms with Crippen LogP contribution in [-0.4, -0.2) is 131 Å². The fraction of sp³-hybridized carbons (Fsp3) is 0.500. The van der Waals surface area contributed by atoms with E-state index < -0.39 is 34.5 Å². The summed E-state index contributed by atoms with van der Waals surface area (Å²) in [6.07, 6.45) is -4.53. The predicted molar refractivity (Wildman–Crippen MR) is 63.6 cm³/mol.